The fourth-order valence-corrected chi connectivity index (χ4v) is 4.72. The van der Waals surface area contributed by atoms with Gasteiger partial charge >= 0.3 is 0 Å². The Bertz CT molecular complexity index is 379. The van der Waals surface area contributed by atoms with Gasteiger partial charge in [0.25, 0.3) is 0 Å². The van der Waals surface area contributed by atoms with Crippen LogP contribution in [0.15, 0.2) is 0 Å². The average molecular weight is 290 g/mol. The van der Waals surface area contributed by atoms with Crippen LogP contribution in [-0.4, -0.2) is 37.6 Å². The van der Waals surface area contributed by atoms with Gasteiger partial charge in [-0.3, -0.25) is 0 Å². The van der Waals surface area contributed by atoms with Gasteiger partial charge in [-0.1, -0.05) is 40.0 Å². The molecule has 1 aliphatic rings. The first-order valence-electron chi connectivity index (χ1n) is 7.30. The normalized spacial score (nSPS) is 20.7. The molecule has 4 nitrogen and oxygen atoms in total. The Hall–Kier alpha value is -0.130. The third-order valence-electron chi connectivity index (χ3n) is 4.36. The molecular weight excluding hydrogens is 260 g/mol. The third kappa shape index (κ3) is 4.43. The van der Waals surface area contributed by atoms with Crippen LogP contribution in [-0.2, 0) is 10.0 Å². The minimum Gasteiger partial charge on any atom is -0.329 e. The minimum absolute atomic E-state index is 0.0380. The predicted molar refractivity (Wildman–Crippen MR) is 80.5 cm³/mol. The summed E-state index contributed by atoms with van der Waals surface area (Å²) in [6.45, 7) is 6.64. The Morgan fingerprint density at radius 3 is 2.11 bits per heavy atom. The van der Waals surface area contributed by atoms with Crippen LogP contribution in [0.3, 0.4) is 0 Å². The zero-order valence-electron chi connectivity index (χ0n) is 12.9. The monoisotopic (exact) mass is 290 g/mol. The SMILES string of the molecule is CN(C1(CN)CCCCC1)S(=O)(=O)CCC(C)(C)C. The predicted octanol–water partition coefficient (Wildman–Crippen LogP) is 2.35. The summed E-state index contributed by atoms with van der Waals surface area (Å²) < 4.78 is 26.6. The van der Waals surface area contributed by atoms with E-state index in [0.29, 0.717) is 13.0 Å². The quantitative estimate of drug-likeness (QED) is 0.845. The van der Waals surface area contributed by atoms with E-state index in [4.69, 9.17) is 5.73 Å². The second kappa shape index (κ2) is 6.10. The summed E-state index contributed by atoms with van der Waals surface area (Å²) in [6.07, 6.45) is 5.83. The molecule has 114 valence electrons. The van der Waals surface area contributed by atoms with Gasteiger partial charge in [-0.25, -0.2) is 8.42 Å². The van der Waals surface area contributed by atoms with Crippen molar-refractivity contribution < 1.29 is 8.42 Å². The summed E-state index contributed by atoms with van der Waals surface area (Å²) in [5.41, 5.74) is 5.61. The highest BCUT2D eigenvalue weighted by Crippen LogP contribution is 2.34. The minimum atomic E-state index is -3.21. The van der Waals surface area contributed by atoms with Crippen LogP contribution in [0, 0.1) is 5.41 Å². The lowest BCUT2D eigenvalue weighted by atomic mass is 9.82. The van der Waals surface area contributed by atoms with Crippen molar-refractivity contribution in [3.63, 3.8) is 0 Å². The molecule has 0 aliphatic heterocycles. The smallest absolute Gasteiger partial charge is 0.214 e. The molecule has 0 aromatic heterocycles. The van der Waals surface area contributed by atoms with Crippen LogP contribution in [0.25, 0.3) is 0 Å². The lowest BCUT2D eigenvalue weighted by molar-refractivity contribution is 0.158. The van der Waals surface area contributed by atoms with E-state index in [1.165, 1.54) is 6.42 Å². The van der Waals surface area contributed by atoms with Crippen LogP contribution in [0.4, 0.5) is 0 Å². The molecule has 0 heterocycles. The molecule has 0 unspecified atom stereocenters. The Morgan fingerprint density at radius 1 is 1.16 bits per heavy atom. The summed E-state index contributed by atoms with van der Waals surface area (Å²) in [4.78, 5) is 0. The van der Waals surface area contributed by atoms with Crippen LogP contribution in [0.2, 0.25) is 0 Å². The van der Waals surface area contributed by atoms with Gasteiger partial charge in [-0.15, -0.1) is 0 Å². The highest BCUT2D eigenvalue weighted by atomic mass is 32.2. The third-order valence-corrected chi connectivity index (χ3v) is 6.30. The van der Waals surface area contributed by atoms with E-state index in [2.05, 4.69) is 20.8 Å². The van der Waals surface area contributed by atoms with Crippen LogP contribution >= 0.6 is 0 Å². The summed E-state index contributed by atoms with van der Waals surface area (Å²) in [7, 11) is -1.49. The first-order valence-corrected chi connectivity index (χ1v) is 8.91. The van der Waals surface area contributed by atoms with Gasteiger partial charge in [-0.05, 0) is 24.7 Å². The van der Waals surface area contributed by atoms with E-state index >= 15 is 0 Å². The maximum atomic E-state index is 12.5. The molecule has 0 amide bonds. The second-order valence-corrected chi connectivity index (χ2v) is 9.20. The zero-order chi connectivity index (χ0) is 14.7. The highest BCUT2D eigenvalue weighted by molar-refractivity contribution is 7.89. The van der Waals surface area contributed by atoms with E-state index in [-0.39, 0.29) is 16.7 Å². The standard InChI is InChI=1S/C14H30N2O2S/c1-13(2,3)10-11-19(17,18)16(4)14(12-15)8-6-5-7-9-14/h5-12,15H2,1-4H3. The number of rotatable bonds is 5. The molecule has 19 heavy (non-hydrogen) atoms. The molecule has 0 saturated heterocycles. The van der Waals surface area contributed by atoms with Gasteiger partial charge in [0.15, 0.2) is 0 Å². The van der Waals surface area contributed by atoms with Crippen molar-refractivity contribution in [2.24, 2.45) is 11.1 Å². The van der Waals surface area contributed by atoms with Gasteiger partial charge in [0.1, 0.15) is 0 Å². The number of nitrogens with zero attached hydrogens (tertiary/aromatic N) is 1. The number of hydrogen-bond donors (Lipinski definition) is 1. The molecule has 0 bridgehead atoms. The Labute approximate surface area is 118 Å². The van der Waals surface area contributed by atoms with Crippen molar-refractivity contribution in [1.29, 1.82) is 0 Å². The van der Waals surface area contributed by atoms with Gasteiger partial charge in [-0.2, -0.15) is 4.31 Å². The van der Waals surface area contributed by atoms with Gasteiger partial charge < -0.3 is 5.73 Å². The lowest BCUT2D eigenvalue weighted by Crippen LogP contribution is -2.56. The molecule has 0 aromatic rings. The van der Waals surface area contributed by atoms with E-state index in [1.807, 2.05) is 0 Å². The molecule has 1 rings (SSSR count). The van der Waals surface area contributed by atoms with E-state index in [9.17, 15) is 8.42 Å². The molecule has 1 saturated carbocycles. The van der Waals surface area contributed by atoms with Crippen molar-refractivity contribution >= 4 is 10.0 Å². The van der Waals surface area contributed by atoms with Crippen molar-refractivity contribution in [2.45, 2.75) is 64.8 Å². The van der Waals surface area contributed by atoms with Crippen LogP contribution < -0.4 is 5.73 Å². The van der Waals surface area contributed by atoms with Gasteiger partial charge in [0.2, 0.25) is 10.0 Å². The summed E-state index contributed by atoms with van der Waals surface area (Å²) in [5.74, 6) is 0.217. The van der Waals surface area contributed by atoms with E-state index in [0.717, 1.165) is 25.7 Å². The van der Waals surface area contributed by atoms with E-state index in [1.54, 1.807) is 11.4 Å². The largest absolute Gasteiger partial charge is 0.329 e. The Kier molecular flexibility index (Phi) is 5.43. The summed E-state index contributed by atoms with van der Waals surface area (Å²) >= 11 is 0. The van der Waals surface area contributed by atoms with Crippen molar-refractivity contribution in [1.82, 2.24) is 4.31 Å². The molecule has 1 aliphatic carbocycles. The number of sulfonamides is 1. The summed E-state index contributed by atoms with van der Waals surface area (Å²) in [5, 5.41) is 0. The number of hydrogen-bond acceptors (Lipinski definition) is 3. The number of nitrogens with two attached hydrogens (primary N) is 1. The first kappa shape index (κ1) is 16.9. The molecule has 0 radical (unpaired) electrons. The lowest BCUT2D eigenvalue weighted by Gasteiger charge is -2.43. The maximum absolute atomic E-state index is 12.5. The maximum Gasteiger partial charge on any atom is 0.214 e. The van der Waals surface area contributed by atoms with E-state index < -0.39 is 10.0 Å². The highest BCUT2D eigenvalue weighted by Gasteiger charge is 2.40. The molecule has 2 N–H and O–H groups in total. The van der Waals surface area contributed by atoms with Crippen LogP contribution in [0.1, 0.15) is 59.3 Å². The van der Waals surface area contributed by atoms with Crippen molar-refractivity contribution in [2.75, 3.05) is 19.3 Å². The molecule has 5 heteroatoms. The molecule has 0 aromatic carbocycles. The Balaban J connectivity index is 2.81. The van der Waals surface area contributed by atoms with Gasteiger partial charge in [0.05, 0.1) is 5.75 Å². The topological polar surface area (TPSA) is 63.4 Å². The first-order chi connectivity index (χ1) is 8.63. The number of likely N-dealkylation sites (N-methyl/N-ethyl adjacent to an activating group) is 1. The van der Waals surface area contributed by atoms with Crippen molar-refractivity contribution in [3.05, 3.63) is 0 Å². The molecule has 0 atom stereocenters. The van der Waals surface area contributed by atoms with Crippen molar-refractivity contribution in [3.8, 4) is 0 Å². The fourth-order valence-electron chi connectivity index (χ4n) is 2.72. The molecule has 0 spiro atoms. The molecule has 1 fully saturated rings. The average Bonchev–Trinajstić information content (AvgIpc) is 2.36. The fraction of sp³-hybridized carbons (Fsp3) is 1.00. The van der Waals surface area contributed by atoms with Gasteiger partial charge in [0, 0.05) is 19.1 Å². The Morgan fingerprint density at radius 2 is 1.68 bits per heavy atom. The summed E-state index contributed by atoms with van der Waals surface area (Å²) in [6, 6.07) is 0. The second-order valence-electron chi connectivity index (χ2n) is 7.08. The van der Waals surface area contributed by atoms with Crippen LogP contribution in [0.5, 0.6) is 0 Å². The molecular formula is C14H30N2O2S. The zero-order valence-corrected chi connectivity index (χ0v) is 13.7.